The van der Waals surface area contributed by atoms with Crippen LogP contribution in [0.15, 0.2) is 48.0 Å². The van der Waals surface area contributed by atoms with Gasteiger partial charge in [-0.1, -0.05) is 49.8 Å². The second-order valence-electron chi connectivity index (χ2n) is 6.03. The van der Waals surface area contributed by atoms with E-state index in [1.807, 2.05) is 42.8 Å². The van der Waals surface area contributed by atoms with Crippen molar-refractivity contribution in [3.05, 3.63) is 48.0 Å². The van der Waals surface area contributed by atoms with Crippen molar-refractivity contribution in [2.24, 2.45) is 0 Å². The Morgan fingerprint density at radius 3 is 2.73 bits per heavy atom. The molecule has 0 unspecified atom stereocenters. The van der Waals surface area contributed by atoms with E-state index in [1.54, 1.807) is 16.8 Å². The minimum absolute atomic E-state index is 0.130. The molecule has 6 nitrogen and oxygen atoms in total. The molecule has 0 saturated carbocycles. The number of thiazole rings is 1. The fourth-order valence-electron chi connectivity index (χ4n) is 2.66. The molecule has 2 rings (SSSR count). The molecule has 0 fully saturated rings. The lowest BCUT2D eigenvalue weighted by Gasteiger charge is -2.19. The Kier molecular flexibility index (Phi) is 8.27. The smallest absolute Gasteiger partial charge is 0.243 e. The Morgan fingerprint density at radius 2 is 2.04 bits per heavy atom. The summed E-state index contributed by atoms with van der Waals surface area (Å²) in [4.78, 5) is 15.6. The molecule has 0 aliphatic heterocycles. The van der Waals surface area contributed by atoms with Crippen molar-refractivity contribution in [2.75, 3.05) is 12.4 Å². The molecule has 1 aromatic heterocycles. The van der Waals surface area contributed by atoms with Crippen molar-refractivity contribution in [3.8, 4) is 11.3 Å². The summed E-state index contributed by atoms with van der Waals surface area (Å²) in [6.07, 6.45) is 3.92. The lowest BCUT2D eigenvalue weighted by molar-refractivity contribution is -0.129. The van der Waals surface area contributed by atoms with Crippen LogP contribution in [0.25, 0.3) is 11.3 Å². The number of unbranched alkanes of at least 4 members (excludes halogenated alkanes) is 2. The highest BCUT2D eigenvalue weighted by molar-refractivity contribution is 7.14. The zero-order chi connectivity index (χ0) is 18.8. The number of carbonyl (C=O) groups is 1. The van der Waals surface area contributed by atoms with E-state index in [4.69, 9.17) is 5.21 Å². The molecule has 0 spiro atoms. The van der Waals surface area contributed by atoms with Crippen LogP contribution in [-0.4, -0.2) is 29.2 Å². The zero-order valence-electron chi connectivity index (χ0n) is 15.0. The van der Waals surface area contributed by atoms with Crippen molar-refractivity contribution in [1.82, 2.24) is 15.8 Å². The second kappa shape index (κ2) is 10.7. The third-order valence-corrected chi connectivity index (χ3v) is 4.89. The number of carbonyl (C=O) groups excluding carboxylic acids is 1. The minimum atomic E-state index is -0.334. The third-order valence-electron chi connectivity index (χ3n) is 4.13. The molecule has 140 valence electrons. The lowest BCUT2D eigenvalue weighted by Crippen LogP contribution is -2.30. The number of nitrogens with one attached hydrogen (secondary N) is 3. The average molecular weight is 375 g/mol. The number of hydroxylamine groups is 1. The van der Waals surface area contributed by atoms with E-state index in [1.165, 1.54) is 0 Å². The monoisotopic (exact) mass is 374 g/mol. The first-order chi connectivity index (χ1) is 12.6. The fourth-order valence-corrected chi connectivity index (χ4v) is 3.41. The van der Waals surface area contributed by atoms with Crippen molar-refractivity contribution in [2.45, 2.75) is 38.1 Å². The molecule has 0 radical (unpaired) electrons. The Bertz CT molecular complexity index is 703. The summed E-state index contributed by atoms with van der Waals surface area (Å²) in [5.74, 6) is -0.334. The summed E-state index contributed by atoms with van der Waals surface area (Å²) in [6.45, 7) is 4.14. The number of aromatic nitrogens is 1. The highest BCUT2D eigenvalue weighted by Gasteiger charge is 2.12. The van der Waals surface area contributed by atoms with E-state index in [0.29, 0.717) is 6.42 Å². The van der Waals surface area contributed by atoms with Crippen LogP contribution in [-0.2, 0) is 4.79 Å². The van der Waals surface area contributed by atoms with Gasteiger partial charge in [-0.2, -0.15) is 0 Å². The van der Waals surface area contributed by atoms with Crippen LogP contribution >= 0.6 is 11.3 Å². The standard InChI is InChI=1S/C19H26N4O2S/c1-14(16(20-2)11-7-4-8-12-18(24)23-25)21-19-22-17(13-26-19)15-9-5-3-6-10-15/h3,5-6,9-10,13,16,20,25H,1,4,7-8,11-12H2,2H3,(H,21,22)(H,23,24)/t16-/m0/s1. The first-order valence-corrected chi connectivity index (χ1v) is 9.59. The summed E-state index contributed by atoms with van der Waals surface area (Å²) in [6, 6.07) is 10.2. The summed E-state index contributed by atoms with van der Waals surface area (Å²) in [7, 11) is 1.91. The number of rotatable bonds is 11. The molecule has 1 heterocycles. The molecule has 0 bridgehead atoms. The second-order valence-corrected chi connectivity index (χ2v) is 6.89. The Balaban J connectivity index is 1.80. The summed E-state index contributed by atoms with van der Waals surface area (Å²) >= 11 is 1.56. The SMILES string of the molecule is C=C(Nc1nc(-c2ccccc2)cs1)[C@H](CCCCCC(=O)NO)NC. The van der Waals surface area contributed by atoms with Gasteiger partial charge in [0.2, 0.25) is 5.91 Å². The van der Waals surface area contributed by atoms with Crippen LogP contribution in [0.4, 0.5) is 5.13 Å². The maximum atomic E-state index is 11.0. The van der Waals surface area contributed by atoms with E-state index in [9.17, 15) is 4.79 Å². The molecule has 0 aliphatic rings. The maximum Gasteiger partial charge on any atom is 0.243 e. The molecule has 4 N–H and O–H groups in total. The predicted molar refractivity (Wildman–Crippen MR) is 106 cm³/mol. The van der Waals surface area contributed by atoms with Gasteiger partial charge >= 0.3 is 0 Å². The summed E-state index contributed by atoms with van der Waals surface area (Å²) in [5, 5.41) is 17.9. The minimum Gasteiger partial charge on any atom is -0.334 e. The fraction of sp³-hybridized carbons (Fsp3) is 0.368. The number of likely N-dealkylation sites (N-methyl/N-ethyl adjacent to an activating group) is 1. The highest BCUT2D eigenvalue weighted by Crippen LogP contribution is 2.26. The van der Waals surface area contributed by atoms with Crippen LogP contribution in [0.5, 0.6) is 0 Å². The molecule has 1 atom stereocenters. The lowest BCUT2D eigenvalue weighted by atomic mass is 10.1. The molecular formula is C19H26N4O2S. The van der Waals surface area contributed by atoms with Crippen molar-refractivity contribution in [1.29, 1.82) is 0 Å². The molecule has 0 aliphatic carbocycles. The molecule has 1 amide bonds. The number of hydrogen-bond donors (Lipinski definition) is 4. The van der Waals surface area contributed by atoms with E-state index >= 15 is 0 Å². The number of hydrogen-bond acceptors (Lipinski definition) is 6. The maximum absolute atomic E-state index is 11.0. The number of amides is 1. The van der Waals surface area contributed by atoms with Crippen LogP contribution in [0.2, 0.25) is 0 Å². The predicted octanol–water partition coefficient (Wildman–Crippen LogP) is 3.78. The van der Waals surface area contributed by atoms with E-state index in [-0.39, 0.29) is 11.9 Å². The van der Waals surface area contributed by atoms with Crippen LogP contribution in [0, 0.1) is 0 Å². The third kappa shape index (κ3) is 6.25. The van der Waals surface area contributed by atoms with Gasteiger partial charge in [0.05, 0.1) is 5.69 Å². The van der Waals surface area contributed by atoms with Gasteiger partial charge in [-0.25, -0.2) is 10.5 Å². The van der Waals surface area contributed by atoms with Gasteiger partial charge in [0.15, 0.2) is 5.13 Å². The van der Waals surface area contributed by atoms with Crippen LogP contribution < -0.4 is 16.1 Å². The summed E-state index contributed by atoms with van der Waals surface area (Å²) in [5.41, 5.74) is 4.59. The van der Waals surface area contributed by atoms with Crippen molar-refractivity contribution >= 4 is 22.4 Å². The van der Waals surface area contributed by atoms with E-state index in [0.717, 1.165) is 47.8 Å². The van der Waals surface area contributed by atoms with Gasteiger partial charge in [0.1, 0.15) is 0 Å². The van der Waals surface area contributed by atoms with Gasteiger partial charge < -0.3 is 10.6 Å². The van der Waals surface area contributed by atoms with Crippen molar-refractivity contribution in [3.63, 3.8) is 0 Å². The van der Waals surface area contributed by atoms with Crippen LogP contribution in [0.3, 0.4) is 0 Å². The largest absolute Gasteiger partial charge is 0.334 e. The van der Waals surface area contributed by atoms with E-state index in [2.05, 4.69) is 22.2 Å². The normalized spacial score (nSPS) is 11.8. The average Bonchev–Trinajstić information content (AvgIpc) is 3.13. The number of anilines is 1. The van der Waals surface area contributed by atoms with Crippen molar-refractivity contribution < 1.29 is 10.0 Å². The number of nitrogens with zero attached hydrogens (tertiary/aromatic N) is 1. The Morgan fingerprint density at radius 1 is 1.27 bits per heavy atom. The van der Waals surface area contributed by atoms with E-state index < -0.39 is 0 Å². The van der Waals surface area contributed by atoms with Gasteiger partial charge in [0, 0.05) is 29.1 Å². The van der Waals surface area contributed by atoms with Gasteiger partial charge in [-0.15, -0.1) is 11.3 Å². The van der Waals surface area contributed by atoms with Gasteiger partial charge in [0.25, 0.3) is 0 Å². The molecule has 1 aromatic carbocycles. The quantitative estimate of drug-likeness (QED) is 0.273. The topological polar surface area (TPSA) is 86.3 Å². The van der Waals surface area contributed by atoms with Gasteiger partial charge in [-0.05, 0) is 19.9 Å². The first-order valence-electron chi connectivity index (χ1n) is 8.71. The summed E-state index contributed by atoms with van der Waals surface area (Å²) < 4.78 is 0. The highest BCUT2D eigenvalue weighted by atomic mass is 32.1. The molecule has 0 saturated heterocycles. The zero-order valence-corrected chi connectivity index (χ0v) is 15.8. The molecule has 7 heteroatoms. The first kappa shape index (κ1) is 20.1. The molecule has 26 heavy (non-hydrogen) atoms. The van der Waals surface area contributed by atoms with Crippen LogP contribution in [0.1, 0.15) is 32.1 Å². The molecular weight excluding hydrogens is 348 g/mol. The Labute approximate surface area is 158 Å². The Hall–Kier alpha value is -2.22. The number of benzene rings is 1. The van der Waals surface area contributed by atoms with Gasteiger partial charge in [-0.3, -0.25) is 10.0 Å². The molecule has 2 aromatic rings.